The van der Waals surface area contributed by atoms with Crippen molar-refractivity contribution in [2.45, 2.75) is 18.9 Å². The van der Waals surface area contributed by atoms with E-state index in [1.807, 2.05) is 11.1 Å². The molecule has 0 bridgehead atoms. The second-order valence-corrected chi connectivity index (χ2v) is 6.29. The summed E-state index contributed by atoms with van der Waals surface area (Å²) in [6.45, 7) is 2.90. The lowest BCUT2D eigenvalue weighted by atomic mass is 9.91. The van der Waals surface area contributed by atoms with E-state index in [4.69, 9.17) is 16.3 Å². The van der Waals surface area contributed by atoms with Crippen molar-refractivity contribution in [1.29, 1.82) is 0 Å². The minimum Gasteiger partial charge on any atom is -0.448 e. The molecule has 1 atom stereocenters. The van der Waals surface area contributed by atoms with E-state index in [1.54, 1.807) is 19.1 Å². The minimum atomic E-state index is -0.979. The predicted molar refractivity (Wildman–Crippen MR) is 88.5 cm³/mol. The summed E-state index contributed by atoms with van der Waals surface area (Å²) in [5, 5.41) is 3.77. The van der Waals surface area contributed by atoms with Gasteiger partial charge >= 0.3 is 11.7 Å². The first-order valence-corrected chi connectivity index (χ1v) is 7.82. The molecule has 3 rings (SSSR count). The second kappa shape index (κ2) is 6.26. The van der Waals surface area contributed by atoms with Gasteiger partial charge in [-0.1, -0.05) is 17.7 Å². The Morgan fingerprint density at radius 1 is 1.25 bits per heavy atom. The molecule has 8 heteroatoms. The topological polar surface area (TPSA) is 104 Å². The van der Waals surface area contributed by atoms with E-state index < -0.39 is 22.8 Å². The molecule has 0 saturated heterocycles. The van der Waals surface area contributed by atoms with Gasteiger partial charge in [0.15, 0.2) is 0 Å². The fourth-order valence-electron chi connectivity index (χ4n) is 2.83. The Morgan fingerprint density at radius 3 is 2.79 bits per heavy atom. The zero-order valence-electron chi connectivity index (χ0n) is 12.9. The van der Waals surface area contributed by atoms with Crippen LogP contribution in [0.2, 0.25) is 5.02 Å². The van der Waals surface area contributed by atoms with Crippen molar-refractivity contribution in [3.05, 3.63) is 66.9 Å². The molecule has 0 saturated carbocycles. The monoisotopic (exact) mass is 349 g/mol. The maximum atomic E-state index is 12.4. The molecule has 0 radical (unpaired) electrons. The number of rotatable bonds is 2. The van der Waals surface area contributed by atoms with Crippen molar-refractivity contribution in [2.75, 3.05) is 13.1 Å². The van der Waals surface area contributed by atoms with Gasteiger partial charge in [-0.25, -0.2) is 9.59 Å². The number of aromatic amines is 2. The molecule has 2 heterocycles. The first kappa shape index (κ1) is 16.5. The summed E-state index contributed by atoms with van der Waals surface area (Å²) in [6.07, 6.45) is 0.779. The number of H-pyrrole nitrogens is 2. The number of esters is 1. The third-order valence-corrected chi connectivity index (χ3v) is 4.21. The zero-order valence-corrected chi connectivity index (χ0v) is 13.7. The van der Waals surface area contributed by atoms with Gasteiger partial charge in [-0.05, 0) is 37.6 Å². The highest BCUT2D eigenvalue weighted by Gasteiger charge is 2.35. The third-order valence-electron chi connectivity index (χ3n) is 3.97. The molecule has 24 heavy (non-hydrogen) atoms. The maximum absolute atomic E-state index is 12.4. The zero-order chi connectivity index (χ0) is 17.3. The lowest BCUT2D eigenvalue weighted by Crippen LogP contribution is -2.39. The number of ether oxygens (including phenoxy) is 1. The number of halogens is 1. The molecule has 0 spiro atoms. The van der Waals surface area contributed by atoms with Crippen LogP contribution in [-0.4, -0.2) is 29.0 Å². The summed E-state index contributed by atoms with van der Waals surface area (Å²) in [7, 11) is 0. The van der Waals surface area contributed by atoms with Gasteiger partial charge in [-0.2, -0.15) is 0 Å². The van der Waals surface area contributed by atoms with Crippen LogP contribution in [0.15, 0.2) is 33.9 Å². The summed E-state index contributed by atoms with van der Waals surface area (Å²) < 4.78 is 5.65. The second-order valence-electron chi connectivity index (χ2n) is 5.85. The largest absolute Gasteiger partial charge is 0.448 e. The molecule has 7 nitrogen and oxygen atoms in total. The molecular formula is C16H16ClN3O4. The highest BCUT2D eigenvalue weighted by atomic mass is 35.5. The fourth-order valence-corrected chi connectivity index (χ4v) is 3.01. The molecule has 1 aliphatic heterocycles. The first-order chi connectivity index (χ1) is 11.4. The molecule has 3 N–H and O–H groups in total. The molecule has 2 aromatic rings. The molecule has 0 fully saturated rings. The van der Waals surface area contributed by atoms with Gasteiger partial charge in [0.25, 0.3) is 5.56 Å². The number of hydrogen-bond donors (Lipinski definition) is 3. The van der Waals surface area contributed by atoms with E-state index in [1.165, 1.54) is 0 Å². The Labute approximate surface area is 142 Å². The summed E-state index contributed by atoms with van der Waals surface area (Å²) in [5.41, 5.74) is -0.773. The SMILES string of the molecule is C[C@]1(OC(=O)c2cc(=O)[nH]c(=O)[nH]2)CNCCc2ccc(Cl)cc21. The Morgan fingerprint density at radius 2 is 2.04 bits per heavy atom. The van der Waals surface area contributed by atoms with Crippen LogP contribution >= 0.6 is 11.6 Å². The first-order valence-electron chi connectivity index (χ1n) is 7.44. The lowest BCUT2D eigenvalue weighted by Gasteiger charge is -2.30. The van der Waals surface area contributed by atoms with Crippen LogP contribution in [0.4, 0.5) is 0 Å². The van der Waals surface area contributed by atoms with E-state index in [0.29, 0.717) is 11.6 Å². The summed E-state index contributed by atoms with van der Waals surface area (Å²) in [6, 6.07) is 6.47. The quantitative estimate of drug-likeness (QED) is 0.700. The van der Waals surface area contributed by atoms with Crippen LogP contribution in [0.1, 0.15) is 28.5 Å². The van der Waals surface area contributed by atoms with Crippen LogP contribution in [0.5, 0.6) is 0 Å². The van der Waals surface area contributed by atoms with E-state index >= 15 is 0 Å². The average molecular weight is 350 g/mol. The third kappa shape index (κ3) is 3.27. The smallest absolute Gasteiger partial charge is 0.356 e. The van der Waals surface area contributed by atoms with Crippen LogP contribution < -0.4 is 16.6 Å². The van der Waals surface area contributed by atoms with Crippen molar-refractivity contribution in [2.24, 2.45) is 0 Å². The fraction of sp³-hybridized carbons (Fsp3) is 0.312. The number of benzene rings is 1. The molecule has 1 aliphatic rings. The molecule has 0 aliphatic carbocycles. The maximum Gasteiger partial charge on any atom is 0.356 e. The van der Waals surface area contributed by atoms with Gasteiger partial charge < -0.3 is 15.0 Å². The van der Waals surface area contributed by atoms with Crippen molar-refractivity contribution in [1.82, 2.24) is 15.3 Å². The highest BCUT2D eigenvalue weighted by Crippen LogP contribution is 2.32. The van der Waals surface area contributed by atoms with E-state index in [0.717, 1.165) is 30.2 Å². The number of nitrogens with one attached hydrogen (secondary N) is 3. The Balaban J connectivity index is 1.99. The van der Waals surface area contributed by atoms with Gasteiger partial charge in [0.2, 0.25) is 0 Å². The average Bonchev–Trinajstić information content (AvgIpc) is 2.66. The molecule has 0 amide bonds. The summed E-state index contributed by atoms with van der Waals surface area (Å²) in [5.74, 6) is -0.782. The van der Waals surface area contributed by atoms with Gasteiger partial charge in [0, 0.05) is 23.2 Å². The van der Waals surface area contributed by atoms with Crippen LogP contribution in [-0.2, 0) is 16.8 Å². The van der Waals surface area contributed by atoms with Crippen molar-refractivity contribution in [3.63, 3.8) is 0 Å². The van der Waals surface area contributed by atoms with Crippen molar-refractivity contribution in [3.8, 4) is 0 Å². The Hall–Kier alpha value is -2.38. The Bertz CT molecular complexity index is 876. The Kier molecular flexibility index (Phi) is 4.29. The van der Waals surface area contributed by atoms with E-state index in [-0.39, 0.29) is 5.69 Å². The molecule has 126 valence electrons. The van der Waals surface area contributed by atoms with E-state index in [9.17, 15) is 14.4 Å². The number of fused-ring (bicyclic) bond motifs is 1. The van der Waals surface area contributed by atoms with Crippen LogP contribution in [0.25, 0.3) is 0 Å². The molecule has 1 aromatic carbocycles. The number of carbonyl (C=O) groups is 1. The number of carbonyl (C=O) groups excluding carboxylic acids is 1. The van der Waals surface area contributed by atoms with Crippen LogP contribution in [0, 0.1) is 0 Å². The van der Waals surface area contributed by atoms with E-state index in [2.05, 4.69) is 10.3 Å². The van der Waals surface area contributed by atoms with Gasteiger partial charge in [0.05, 0.1) is 0 Å². The van der Waals surface area contributed by atoms with Crippen molar-refractivity contribution >= 4 is 17.6 Å². The summed E-state index contributed by atoms with van der Waals surface area (Å²) in [4.78, 5) is 39.4. The molecule has 0 unspecified atom stereocenters. The van der Waals surface area contributed by atoms with Crippen LogP contribution in [0.3, 0.4) is 0 Å². The molecule has 1 aromatic heterocycles. The van der Waals surface area contributed by atoms with Gasteiger partial charge in [-0.3, -0.25) is 9.78 Å². The lowest BCUT2D eigenvalue weighted by molar-refractivity contribution is -0.0114. The number of hydrogen-bond acceptors (Lipinski definition) is 5. The van der Waals surface area contributed by atoms with Gasteiger partial charge in [0.1, 0.15) is 11.3 Å². The minimum absolute atomic E-state index is 0.196. The molecular weight excluding hydrogens is 334 g/mol. The normalized spacial score (nSPS) is 20.1. The van der Waals surface area contributed by atoms with Gasteiger partial charge in [-0.15, -0.1) is 0 Å². The number of aromatic nitrogens is 2. The highest BCUT2D eigenvalue weighted by molar-refractivity contribution is 6.30. The standard InChI is InChI=1S/C16H16ClN3O4/c1-16(24-14(22)12-7-13(21)20-15(23)19-12)8-18-5-4-9-2-3-10(17)6-11(9)16/h2-3,6-7,18H,4-5,8H2,1H3,(H2,19,20,21,23)/t16-/m0/s1. The predicted octanol–water partition coefficient (Wildman–Crippen LogP) is 0.935. The summed E-state index contributed by atoms with van der Waals surface area (Å²) >= 11 is 6.10. The van der Waals surface area contributed by atoms with Crippen molar-refractivity contribution < 1.29 is 9.53 Å².